The maximum atomic E-state index is 3.98. The van der Waals surface area contributed by atoms with Crippen LogP contribution in [-0.2, 0) is 6.54 Å². The largest absolute Gasteiger partial charge is 0.313 e. The molecule has 1 saturated carbocycles. The van der Waals surface area contributed by atoms with Crippen molar-refractivity contribution in [1.29, 1.82) is 0 Å². The Labute approximate surface area is 150 Å². The lowest BCUT2D eigenvalue weighted by Gasteiger charge is -2.36. The average molecular weight is 470 g/mol. The predicted octanol–water partition coefficient (Wildman–Crippen LogP) is 5.61. The normalized spacial score (nSPS) is 26.0. The monoisotopic (exact) mass is 467 g/mol. The highest BCUT2D eigenvalue weighted by molar-refractivity contribution is 9.12. The summed E-state index contributed by atoms with van der Waals surface area (Å²) in [7, 11) is 0. The highest BCUT2D eigenvalue weighted by Gasteiger charge is 2.36. The van der Waals surface area contributed by atoms with Gasteiger partial charge in [0.1, 0.15) is 0 Å². The fraction of sp³-hybridized carbons (Fsp3) is 0.625. The van der Waals surface area contributed by atoms with Crippen LogP contribution >= 0.6 is 48.8 Å². The van der Waals surface area contributed by atoms with E-state index < -0.39 is 0 Å². The molecule has 1 fully saturated rings. The Morgan fingerprint density at radius 3 is 2.65 bits per heavy atom. The molecule has 1 aliphatic rings. The van der Waals surface area contributed by atoms with Gasteiger partial charge >= 0.3 is 0 Å². The van der Waals surface area contributed by atoms with E-state index in [1.54, 1.807) is 0 Å². The molecule has 0 amide bonds. The average Bonchev–Trinajstić information content (AvgIpc) is 2.43. The third-order valence-corrected chi connectivity index (χ3v) is 7.27. The van der Waals surface area contributed by atoms with Crippen LogP contribution in [0.2, 0.25) is 0 Å². The first kappa shape index (κ1) is 18.7. The highest BCUT2D eigenvalue weighted by Crippen LogP contribution is 2.43. The van der Waals surface area contributed by atoms with E-state index in [2.05, 4.69) is 67.5 Å². The number of benzene rings is 1. The van der Waals surface area contributed by atoms with Crippen LogP contribution in [0.1, 0.15) is 44.1 Å². The second-order valence-corrected chi connectivity index (χ2v) is 8.20. The molecule has 1 aromatic rings. The molecule has 1 nitrogen and oxygen atoms in total. The molecule has 20 heavy (non-hydrogen) atoms. The lowest BCUT2D eigenvalue weighted by atomic mass is 9.85. The first-order valence-electron chi connectivity index (χ1n) is 7.28. The Morgan fingerprint density at radius 1 is 1.20 bits per heavy atom. The lowest BCUT2D eigenvalue weighted by molar-refractivity contribution is 0.390. The van der Waals surface area contributed by atoms with Crippen molar-refractivity contribution >= 4 is 48.8 Å². The predicted molar refractivity (Wildman–Crippen MR) is 101 cm³/mol. The second-order valence-electron chi connectivity index (χ2n) is 5.51. The molecular weight excluding hydrogens is 446 g/mol. The Bertz CT molecular complexity index is 371. The van der Waals surface area contributed by atoms with Crippen molar-refractivity contribution in [3.05, 3.63) is 35.9 Å². The van der Waals surface area contributed by atoms with E-state index in [0.29, 0.717) is 9.15 Å². The van der Waals surface area contributed by atoms with Crippen molar-refractivity contribution in [2.45, 2.75) is 54.2 Å². The Morgan fingerprint density at radius 2 is 1.95 bits per heavy atom. The van der Waals surface area contributed by atoms with E-state index in [9.17, 15) is 0 Å². The van der Waals surface area contributed by atoms with Crippen molar-refractivity contribution in [1.82, 2.24) is 5.32 Å². The minimum Gasteiger partial charge on any atom is -0.313 e. The molecule has 114 valence electrons. The zero-order valence-electron chi connectivity index (χ0n) is 11.8. The van der Waals surface area contributed by atoms with Gasteiger partial charge in [-0.3, -0.25) is 0 Å². The number of hydrogen-bond donors (Lipinski definition) is 1. The van der Waals surface area contributed by atoms with Gasteiger partial charge in [0.25, 0.3) is 0 Å². The summed E-state index contributed by atoms with van der Waals surface area (Å²) in [5.41, 5.74) is 1.37. The van der Waals surface area contributed by atoms with E-state index in [1.807, 2.05) is 0 Å². The molecule has 1 aliphatic carbocycles. The molecule has 0 heterocycles. The van der Waals surface area contributed by atoms with Gasteiger partial charge in [-0.15, -0.1) is 17.0 Å². The zero-order chi connectivity index (χ0) is 13.6. The van der Waals surface area contributed by atoms with Crippen LogP contribution in [0.15, 0.2) is 30.3 Å². The summed E-state index contributed by atoms with van der Waals surface area (Å²) in [6, 6.07) is 10.6. The Hall–Kier alpha value is 0.620. The summed E-state index contributed by atoms with van der Waals surface area (Å²) in [6.07, 6.45) is 7.84. The molecule has 1 aromatic carbocycles. The first-order valence-corrected chi connectivity index (χ1v) is 8.99. The lowest BCUT2D eigenvalue weighted by Crippen LogP contribution is -2.36. The van der Waals surface area contributed by atoms with Gasteiger partial charge in [0.15, 0.2) is 0 Å². The third-order valence-electron chi connectivity index (χ3n) is 3.98. The summed E-state index contributed by atoms with van der Waals surface area (Å²) in [6.45, 7) is 2.08. The molecule has 0 saturated heterocycles. The molecule has 0 unspecified atom stereocenters. The van der Waals surface area contributed by atoms with E-state index >= 15 is 0 Å². The van der Waals surface area contributed by atoms with Gasteiger partial charge < -0.3 is 5.32 Å². The van der Waals surface area contributed by atoms with Crippen LogP contribution in [-0.4, -0.2) is 15.7 Å². The summed E-state index contributed by atoms with van der Waals surface area (Å²) < 4.78 is 0.333. The molecule has 0 radical (unpaired) electrons. The maximum absolute atomic E-state index is 3.98. The fourth-order valence-corrected chi connectivity index (χ4v) is 4.35. The van der Waals surface area contributed by atoms with Crippen LogP contribution in [0.5, 0.6) is 0 Å². The summed E-state index contributed by atoms with van der Waals surface area (Å²) >= 11 is 7.83. The molecule has 0 aromatic heterocycles. The highest BCUT2D eigenvalue weighted by atomic mass is 79.9. The smallest absolute Gasteiger partial charge is 0.0383 e. The van der Waals surface area contributed by atoms with Crippen LogP contribution in [0.4, 0.5) is 0 Å². The van der Waals surface area contributed by atoms with Crippen LogP contribution in [0.3, 0.4) is 0 Å². The Balaban J connectivity index is 0.00000200. The third kappa shape index (κ3) is 5.78. The topological polar surface area (TPSA) is 12.0 Å². The van der Waals surface area contributed by atoms with Gasteiger partial charge in [-0.1, -0.05) is 75.0 Å². The molecule has 0 spiro atoms. The molecular formula is C16H24Br3N. The number of halogens is 3. The van der Waals surface area contributed by atoms with E-state index in [1.165, 1.54) is 44.1 Å². The summed E-state index contributed by atoms with van der Waals surface area (Å²) in [4.78, 5) is 0.642. The van der Waals surface area contributed by atoms with E-state index in [4.69, 9.17) is 0 Å². The fourth-order valence-electron chi connectivity index (χ4n) is 2.78. The van der Waals surface area contributed by atoms with Crippen LogP contribution in [0.25, 0.3) is 0 Å². The number of hydrogen-bond acceptors (Lipinski definition) is 1. The van der Waals surface area contributed by atoms with Crippen LogP contribution < -0.4 is 5.32 Å². The molecule has 2 rings (SSSR count). The SMILES string of the molecule is Br.Br[C@H]1CCCC[C@@]1(Br)CCCNCc1ccccc1. The van der Waals surface area contributed by atoms with Gasteiger partial charge in [0, 0.05) is 15.7 Å². The molecule has 4 heteroatoms. The van der Waals surface area contributed by atoms with Crippen molar-refractivity contribution in [2.75, 3.05) is 6.54 Å². The van der Waals surface area contributed by atoms with Crippen molar-refractivity contribution in [2.24, 2.45) is 0 Å². The van der Waals surface area contributed by atoms with Gasteiger partial charge in [0.2, 0.25) is 0 Å². The molecule has 2 atom stereocenters. The van der Waals surface area contributed by atoms with Gasteiger partial charge in [-0.05, 0) is 37.8 Å². The van der Waals surface area contributed by atoms with Crippen molar-refractivity contribution in [3.63, 3.8) is 0 Å². The molecule has 1 N–H and O–H groups in total. The van der Waals surface area contributed by atoms with Crippen molar-refractivity contribution in [3.8, 4) is 0 Å². The van der Waals surface area contributed by atoms with E-state index in [0.717, 1.165) is 13.1 Å². The molecule has 0 bridgehead atoms. The maximum Gasteiger partial charge on any atom is 0.0383 e. The van der Waals surface area contributed by atoms with Gasteiger partial charge in [-0.25, -0.2) is 0 Å². The number of nitrogens with one attached hydrogen (secondary N) is 1. The molecule has 0 aliphatic heterocycles. The zero-order valence-corrected chi connectivity index (χ0v) is 16.7. The van der Waals surface area contributed by atoms with Gasteiger partial charge in [0.05, 0.1) is 0 Å². The number of alkyl halides is 2. The van der Waals surface area contributed by atoms with Crippen molar-refractivity contribution < 1.29 is 0 Å². The number of rotatable bonds is 6. The second kappa shape index (κ2) is 9.60. The van der Waals surface area contributed by atoms with Gasteiger partial charge in [-0.2, -0.15) is 0 Å². The van der Waals surface area contributed by atoms with E-state index in [-0.39, 0.29) is 17.0 Å². The standard InChI is InChI=1S/C16H23Br2N.BrH/c17-15-9-4-5-10-16(15,18)11-6-12-19-13-14-7-2-1-3-8-14;/h1-3,7-8,15,19H,4-6,9-13H2;1H/t15-,16+;/m0./s1. The minimum atomic E-state index is 0. The summed E-state index contributed by atoms with van der Waals surface area (Å²) in [5.74, 6) is 0. The quantitative estimate of drug-likeness (QED) is 0.422. The van der Waals surface area contributed by atoms with Crippen LogP contribution in [0, 0.1) is 0 Å². The Kier molecular flexibility index (Phi) is 8.96. The first-order chi connectivity index (χ1) is 9.21. The summed E-state index contributed by atoms with van der Waals surface area (Å²) in [5, 5.41) is 3.54. The minimum absolute atomic E-state index is 0.